The van der Waals surface area contributed by atoms with Gasteiger partial charge < -0.3 is 15.4 Å². The van der Waals surface area contributed by atoms with Gasteiger partial charge in [0.05, 0.1) is 0 Å². The Balaban J connectivity index is 2.54. The molecule has 0 spiro atoms. The normalized spacial score (nSPS) is 12.1. The number of esters is 1. The molecule has 1 rings (SSSR count). The van der Waals surface area contributed by atoms with Crippen LogP contribution in [0.3, 0.4) is 0 Å². The topological polar surface area (TPSA) is 84.5 Å². The van der Waals surface area contributed by atoms with Crippen LogP contribution < -0.4 is 10.6 Å². The molecule has 1 atom stereocenters. The minimum absolute atomic E-state index is 0.173. The van der Waals surface area contributed by atoms with E-state index in [2.05, 4.69) is 10.6 Å². The van der Waals surface area contributed by atoms with Gasteiger partial charge in [0.15, 0.2) is 6.10 Å². The number of anilines is 2. The van der Waals surface area contributed by atoms with Crippen LogP contribution in [0.15, 0.2) is 48.6 Å². The molecule has 122 valence electrons. The van der Waals surface area contributed by atoms with Gasteiger partial charge in [-0.15, -0.1) is 0 Å². The zero-order chi connectivity index (χ0) is 17.2. The molecule has 0 saturated heterocycles. The second-order valence-corrected chi connectivity index (χ2v) is 4.71. The number of hydrogen-bond donors (Lipinski definition) is 2. The molecule has 1 aromatic rings. The van der Waals surface area contributed by atoms with E-state index >= 15 is 0 Å². The summed E-state index contributed by atoms with van der Waals surface area (Å²) in [6.07, 6.45) is 5.31. The van der Waals surface area contributed by atoms with Crippen LogP contribution in [0, 0.1) is 0 Å². The summed E-state index contributed by atoms with van der Waals surface area (Å²) in [5.74, 6) is -1.20. The summed E-state index contributed by atoms with van der Waals surface area (Å²) in [5.41, 5.74) is 1.17. The monoisotopic (exact) mass is 316 g/mol. The van der Waals surface area contributed by atoms with E-state index in [1.807, 2.05) is 6.92 Å². The molecular formula is C17H20N2O4. The lowest BCUT2D eigenvalue weighted by atomic mass is 10.2. The van der Waals surface area contributed by atoms with E-state index in [1.54, 1.807) is 36.4 Å². The van der Waals surface area contributed by atoms with Crippen molar-refractivity contribution in [2.75, 3.05) is 10.6 Å². The number of carbonyl (C=O) groups is 3. The molecule has 0 aliphatic carbocycles. The number of carbonyl (C=O) groups excluding carboxylic acids is 3. The van der Waals surface area contributed by atoms with E-state index in [4.69, 9.17) is 4.74 Å². The lowest BCUT2D eigenvalue weighted by molar-refractivity contribution is -0.148. The molecule has 0 aliphatic rings. The van der Waals surface area contributed by atoms with E-state index < -0.39 is 18.0 Å². The summed E-state index contributed by atoms with van der Waals surface area (Å²) in [7, 11) is 0. The molecule has 0 heterocycles. The van der Waals surface area contributed by atoms with Crippen LogP contribution in [0.25, 0.3) is 0 Å². The molecule has 2 amide bonds. The Morgan fingerprint density at radius 2 is 1.61 bits per heavy atom. The fraction of sp³-hybridized carbons (Fsp3) is 0.235. The number of rotatable bonds is 6. The van der Waals surface area contributed by atoms with Gasteiger partial charge in [-0.3, -0.25) is 9.59 Å². The number of allylic oxidation sites excluding steroid dienone is 3. The van der Waals surface area contributed by atoms with Crippen molar-refractivity contribution in [3.05, 3.63) is 48.6 Å². The average molecular weight is 316 g/mol. The molecule has 1 unspecified atom stereocenters. The van der Waals surface area contributed by atoms with Crippen molar-refractivity contribution in [3.63, 3.8) is 0 Å². The first kappa shape index (κ1) is 18.2. The lowest BCUT2D eigenvalue weighted by Gasteiger charge is -2.12. The molecule has 0 bridgehead atoms. The highest BCUT2D eigenvalue weighted by atomic mass is 16.5. The SMILES string of the molecule is C/C=C/C=C/C(=O)OC(C)C(=O)Nc1ccc(NC(C)=O)cc1. The molecule has 0 aromatic heterocycles. The molecule has 0 saturated carbocycles. The maximum Gasteiger partial charge on any atom is 0.331 e. The Labute approximate surface area is 135 Å². The molecule has 0 radical (unpaired) electrons. The lowest BCUT2D eigenvalue weighted by Crippen LogP contribution is -2.29. The second kappa shape index (κ2) is 9.19. The fourth-order valence-corrected chi connectivity index (χ4v) is 1.60. The molecule has 23 heavy (non-hydrogen) atoms. The number of nitrogens with one attached hydrogen (secondary N) is 2. The van der Waals surface area contributed by atoms with E-state index in [1.165, 1.54) is 26.0 Å². The van der Waals surface area contributed by atoms with Crippen LogP contribution in [0.4, 0.5) is 11.4 Å². The Kier molecular flexibility index (Phi) is 7.26. The summed E-state index contributed by atoms with van der Waals surface area (Å²) in [4.78, 5) is 34.3. The molecule has 1 aromatic carbocycles. The van der Waals surface area contributed by atoms with E-state index in [0.29, 0.717) is 11.4 Å². The maximum atomic E-state index is 11.9. The van der Waals surface area contributed by atoms with Crippen molar-refractivity contribution in [1.82, 2.24) is 0 Å². The van der Waals surface area contributed by atoms with Gasteiger partial charge in [-0.2, -0.15) is 0 Å². The van der Waals surface area contributed by atoms with Crippen molar-refractivity contribution in [3.8, 4) is 0 Å². The van der Waals surface area contributed by atoms with Gasteiger partial charge in [0.1, 0.15) is 0 Å². The third kappa shape index (κ3) is 7.08. The third-order valence-corrected chi connectivity index (χ3v) is 2.67. The van der Waals surface area contributed by atoms with Gasteiger partial charge in [0.2, 0.25) is 5.91 Å². The first-order chi connectivity index (χ1) is 10.9. The maximum absolute atomic E-state index is 11.9. The van der Waals surface area contributed by atoms with Gasteiger partial charge in [0, 0.05) is 24.4 Å². The summed E-state index contributed by atoms with van der Waals surface area (Å²) in [6.45, 7) is 4.72. The van der Waals surface area contributed by atoms with Crippen molar-refractivity contribution >= 4 is 29.2 Å². The second-order valence-electron chi connectivity index (χ2n) is 4.71. The standard InChI is InChI=1S/C17H20N2O4/c1-4-5-6-7-16(21)23-12(2)17(22)19-15-10-8-14(9-11-15)18-13(3)20/h4-12H,1-3H3,(H,18,20)(H,19,22)/b5-4+,7-6+. The highest BCUT2D eigenvalue weighted by molar-refractivity contribution is 5.96. The van der Waals surface area contributed by atoms with Crippen molar-refractivity contribution in [2.24, 2.45) is 0 Å². The number of ether oxygens (including phenoxy) is 1. The highest BCUT2D eigenvalue weighted by Gasteiger charge is 2.16. The molecule has 6 nitrogen and oxygen atoms in total. The van der Waals surface area contributed by atoms with E-state index in [-0.39, 0.29) is 5.91 Å². The minimum Gasteiger partial charge on any atom is -0.449 e. The fourth-order valence-electron chi connectivity index (χ4n) is 1.60. The molecule has 0 fully saturated rings. The number of benzene rings is 1. The Morgan fingerprint density at radius 3 is 2.13 bits per heavy atom. The zero-order valence-electron chi connectivity index (χ0n) is 13.3. The highest BCUT2D eigenvalue weighted by Crippen LogP contribution is 2.14. The summed E-state index contributed by atoms with van der Waals surface area (Å²) in [6, 6.07) is 6.61. The van der Waals surface area contributed by atoms with Gasteiger partial charge in [-0.25, -0.2) is 4.79 Å². The third-order valence-electron chi connectivity index (χ3n) is 2.67. The molecule has 0 aliphatic heterocycles. The van der Waals surface area contributed by atoms with Crippen molar-refractivity contribution in [1.29, 1.82) is 0 Å². The Bertz CT molecular complexity index is 618. The summed E-state index contributed by atoms with van der Waals surface area (Å²) in [5, 5.41) is 5.25. The van der Waals surface area contributed by atoms with Gasteiger partial charge >= 0.3 is 5.97 Å². The molecule has 2 N–H and O–H groups in total. The quantitative estimate of drug-likeness (QED) is 0.480. The van der Waals surface area contributed by atoms with E-state index in [0.717, 1.165) is 0 Å². The Morgan fingerprint density at radius 1 is 1.04 bits per heavy atom. The zero-order valence-corrected chi connectivity index (χ0v) is 13.3. The van der Waals surface area contributed by atoms with Gasteiger partial charge in [-0.05, 0) is 38.1 Å². The van der Waals surface area contributed by atoms with Gasteiger partial charge in [0.25, 0.3) is 5.91 Å². The average Bonchev–Trinajstić information content (AvgIpc) is 2.49. The predicted molar refractivity (Wildman–Crippen MR) is 88.9 cm³/mol. The minimum atomic E-state index is -0.923. The molecular weight excluding hydrogens is 296 g/mol. The number of hydrogen-bond acceptors (Lipinski definition) is 4. The first-order valence-electron chi connectivity index (χ1n) is 7.11. The van der Waals surface area contributed by atoms with Crippen LogP contribution >= 0.6 is 0 Å². The summed E-state index contributed by atoms with van der Waals surface area (Å²) >= 11 is 0. The smallest absolute Gasteiger partial charge is 0.331 e. The van der Waals surface area contributed by atoms with Crippen LogP contribution in [0.2, 0.25) is 0 Å². The van der Waals surface area contributed by atoms with Crippen LogP contribution in [0.1, 0.15) is 20.8 Å². The van der Waals surface area contributed by atoms with Crippen LogP contribution in [0.5, 0.6) is 0 Å². The van der Waals surface area contributed by atoms with E-state index in [9.17, 15) is 14.4 Å². The Hall–Kier alpha value is -2.89. The van der Waals surface area contributed by atoms with Gasteiger partial charge in [-0.1, -0.05) is 18.2 Å². The van der Waals surface area contributed by atoms with Crippen LogP contribution in [-0.4, -0.2) is 23.9 Å². The van der Waals surface area contributed by atoms with Crippen molar-refractivity contribution < 1.29 is 19.1 Å². The number of amides is 2. The largest absolute Gasteiger partial charge is 0.449 e. The predicted octanol–water partition coefficient (Wildman–Crippen LogP) is 2.65. The molecule has 6 heteroatoms. The summed E-state index contributed by atoms with van der Waals surface area (Å²) < 4.78 is 4.98. The van der Waals surface area contributed by atoms with Crippen molar-refractivity contribution in [2.45, 2.75) is 26.9 Å². The first-order valence-corrected chi connectivity index (χ1v) is 7.11. The van der Waals surface area contributed by atoms with Crippen LogP contribution in [-0.2, 0) is 19.1 Å².